The van der Waals surface area contributed by atoms with Gasteiger partial charge in [-0.3, -0.25) is 0 Å². The third kappa shape index (κ3) is 2.89. The van der Waals surface area contributed by atoms with Gasteiger partial charge >= 0.3 is 0 Å². The van der Waals surface area contributed by atoms with Crippen molar-refractivity contribution < 1.29 is 0 Å². The minimum atomic E-state index is 0.0787. The molecule has 0 aliphatic heterocycles. The molecule has 2 N–H and O–H groups in total. The highest BCUT2D eigenvalue weighted by molar-refractivity contribution is 9.10. The highest BCUT2D eigenvalue weighted by atomic mass is 79.9. The Labute approximate surface area is 119 Å². The maximum Gasteiger partial charge on any atom is 0.0380 e. The first-order valence-electron chi connectivity index (χ1n) is 6.95. The van der Waals surface area contributed by atoms with Crippen LogP contribution in [0.4, 0.5) is 5.69 Å². The van der Waals surface area contributed by atoms with Gasteiger partial charge in [-0.15, -0.1) is 0 Å². The van der Waals surface area contributed by atoms with Gasteiger partial charge in [-0.25, -0.2) is 0 Å². The molecule has 0 bridgehead atoms. The Kier molecular flexibility index (Phi) is 4.68. The molecule has 1 aliphatic rings. The van der Waals surface area contributed by atoms with Crippen molar-refractivity contribution in [1.82, 2.24) is 0 Å². The Morgan fingerprint density at radius 3 is 2.56 bits per heavy atom. The number of rotatable bonds is 4. The molecular formula is C15H23BrN2. The first-order chi connectivity index (χ1) is 8.63. The molecule has 0 aromatic heterocycles. The van der Waals surface area contributed by atoms with E-state index in [1.807, 2.05) is 6.92 Å². The largest absolute Gasteiger partial charge is 0.369 e. The zero-order valence-electron chi connectivity index (χ0n) is 11.3. The number of nitrogens with two attached hydrogens (primary N) is 1. The molecule has 1 saturated carbocycles. The first kappa shape index (κ1) is 13.9. The molecule has 0 unspecified atom stereocenters. The minimum Gasteiger partial charge on any atom is -0.369 e. The van der Waals surface area contributed by atoms with Crippen LogP contribution in [0.2, 0.25) is 0 Å². The lowest BCUT2D eigenvalue weighted by Crippen LogP contribution is -2.32. The van der Waals surface area contributed by atoms with E-state index in [0.29, 0.717) is 0 Å². The molecule has 0 heterocycles. The number of nitrogens with zero attached hydrogens (tertiary/aromatic N) is 1. The molecule has 2 rings (SSSR count). The van der Waals surface area contributed by atoms with Gasteiger partial charge in [0.05, 0.1) is 0 Å². The Hall–Kier alpha value is -0.540. The van der Waals surface area contributed by atoms with Crippen LogP contribution in [0.5, 0.6) is 0 Å². The number of benzene rings is 1. The summed E-state index contributed by atoms with van der Waals surface area (Å²) in [4.78, 5) is 2.53. The van der Waals surface area contributed by atoms with Crippen molar-refractivity contribution >= 4 is 21.6 Å². The van der Waals surface area contributed by atoms with Crippen LogP contribution in [0, 0.1) is 0 Å². The molecule has 1 fully saturated rings. The van der Waals surface area contributed by atoms with Crippen LogP contribution in [0.25, 0.3) is 0 Å². The van der Waals surface area contributed by atoms with Gasteiger partial charge in [0.25, 0.3) is 0 Å². The molecule has 1 atom stereocenters. The molecule has 0 spiro atoms. The average Bonchev–Trinajstić information content (AvgIpc) is 2.83. The fourth-order valence-corrected chi connectivity index (χ4v) is 3.66. The van der Waals surface area contributed by atoms with Crippen LogP contribution >= 0.6 is 15.9 Å². The summed E-state index contributed by atoms with van der Waals surface area (Å²) in [5.41, 5.74) is 8.45. The van der Waals surface area contributed by atoms with Crippen molar-refractivity contribution in [3.8, 4) is 0 Å². The topological polar surface area (TPSA) is 29.3 Å². The van der Waals surface area contributed by atoms with Gasteiger partial charge in [-0.2, -0.15) is 0 Å². The lowest BCUT2D eigenvalue weighted by Gasteiger charge is -2.30. The highest BCUT2D eigenvalue weighted by Gasteiger charge is 2.22. The monoisotopic (exact) mass is 310 g/mol. The van der Waals surface area contributed by atoms with E-state index < -0.39 is 0 Å². The van der Waals surface area contributed by atoms with Crippen LogP contribution in [0.15, 0.2) is 22.7 Å². The van der Waals surface area contributed by atoms with Gasteiger partial charge < -0.3 is 10.6 Å². The van der Waals surface area contributed by atoms with Crippen LogP contribution in [0.3, 0.4) is 0 Å². The summed E-state index contributed by atoms with van der Waals surface area (Å²) in [5, 5.41) is 0. The van der Waals surface area contributed by atoms with Crippen LogP contribution in [-0.4, -0.2) is 12.6 Å². The van der Waals surface area contributed by atoms with E-state index >= 15 is 0 Å². The molecule has 1 aromatic rings. The summed E-state index contributed by atoms with van der Waals surface area (Å²) in [6.45, 7) is 5.34. The van der Waals surface area contributed by atoms with E-state index in [2.05, 4.69) is 46.0 Å². The van der Waals surface area contributed by atoms with Crippen LogP contribution in [0.1, 0.15) is 51.1 Å². The summed E-state index contributed by atoms with van der Waals surface area (Å²) in [6, 6.07) is 7.39. The Morgan fingerprint density at radius 1 is 1.39 bits per heavy atom. The molecule has 0 amide bonds. The second-order valence-electron chi connectivity index (χ2n) is 5.22. The molecular weight excluding hydrogens is 288 g/mol. The van der Waals surface area contributed by atoms with Crippen LogP contribution in [-0.2, 0) is 0 Å². The zero-order valence-corrected chi connectivity index (χ0v) is 12.9. The third-order valence-electron chi connectivity index (χ3n) is 3.91. The SMILES string of the molecule is CCN(c1ccc([C@@H](C)N)c(Br)c1)C1CCCC1. The van der Waals surface area contributed by atoms with Gasteiger partial charge in [0, 0.05) is 28.8 Å². The van der Waals surface area contributed by atoms with E-state index in [-0.39, 0.29) is 6.04 Å². The molecule has 1 aliphatic carbocycles. The van der Waals surface area contributed by atoms with Gasteiger partial charge in [-0.05, 0) is 44.4 Å². The van der Waals surface area contributed by atoms with Crippen LogP contribution < -0.4 is 10.6 Å². The maximum atomic E-state index is 5.95. The quantitative estimate of drug-likeness (QED) is 0.901. The van der Waals surface area contributed by atoms with Gasteiger partial charge in [0.15, 0.2) is 0 Å². The summed E-state index contributed by atoms with van der Waals surface area (Å²) in [7, 11) is 0. The smallest absolute Gasteiger partial charge is 0.0380 e. The van der Waals surface area contributed by atoms with E-state index in [4.69, 9.17) is 5.73 Å². The Morgan fingerprint density at radius 2 is 2.06 bits per heavy atom. The number of hydrogen-bond donors (Lipinski definition) is 1. The lowest BCUT2D eigenvalue weighted by atomic mass is 10.1. The molecule has 1 aromatic carbocycles. The summed E-state index contributed by atoms with van der Waals surface area (Å²) < 4.78 is 1.13. The van der Waals surface area contributed by atoms with E-state index in [1.165, 1.54) is 36.9 Å². The molecule has 0 radical (unpaired) electrons. The molecule has 3 heteroatoms. The van der Waals surface area contributed by atoms with Crippen molar-refractivity contribution in [3.63, 3.8) is 0 Å². The van der Waals surface area contributed by atoms with Gasteiger partial charge in [-0.1, -0.05) is 34.8 Å². The van der Waals surface area contributed by atoms with E-state index in [0.717, 1.165) is 17.1 Å². The van der Waals surface area contributed by atoms with Gasteiger partial charge in [0.1, 0.15) is 0 Å². The fourth-order valence-electron chi connectivity index (χ4n) is 2.93. The second kappa shape index (κ2) is 6.07. The minimum absolute atomic E-state index is 0.0787. The predicted molar refractivity (Wildman–Crippen MR) is 82.0 cm³/mol. The third-order valence-corrected chi connectivity index (χ3v) is 4.60. The number of halogens is 1. The molecule has 2 nitrogen and oxygen atoms in total. The summed E-state index contributed by atoms with van der Waals surface area (Å²) >= 11 is 3.65. The maximum absolute atomic E-state index is 5.95. The average molecular weight is 311 g/mol. The number of anilines is 1. The predicted octanol–water partition coefficient (Wildman–Crippen LogP) is 4.24. The Bertz CT molecular complexity index is 397. The summed E-state index contributed by atoms with van der Waals surface area (Å²) in [5.74, 6) is 0. The second-order valence-corrected chi connectivity index (χ2v) is 6.07. The van der Waals surface area contributed by atoms with Crippen molar-refractivity contribution in [2.45, 2.75) is 51.6 Å². The normalized spacial score (nSPS) is 18.0. The Balaban J connectivity index is 2.23. The molecule has 100 valence electrons. The van der Waals surface area contributed by atoms with Crippen molar-refractivity contribution in [2.75, 3.05) is 11.4 Å². The molecule has 0 saturated heterocycles. The summed E-state index contributed by atoms with van der Waals surface area (Å²) in [6.07, 6.45) is 5.42. The van der Waals surface area contributed by atoms with Crippen molar-refractivity contribution in [3.05, 3.63) is 28.2 Å². The van der Waals surface area contributed by atoms with Crippen molar-refractivity contribution in [1.29, 1.82) is 0 Å². The van der Waals surface area contributed by atoms with Gasteiger partial charge in [0.2, 0.25) is 0 Å². The van der Waals surface area contributed by atoms with E-state index in [9.17, 15) is 0 Å². The fraction of sp³-hybridized carbons (Fsp3) is 0.600. The lowest BCUT2D eigenvalue weighted by molar-refractivity contribution is 0.619. The first-order valence-corrected chi connectivity index (χ1v) is 7.74. The van der Waals surface area contributed by atoms with Crippen molar-refractivity contribution in [2.24, 2.45) is 5.73 Å². The van der Waals surface area contributed by atoms with E-state index in [1.54, 1.807) is 0 Å². The standard InChI is InChI=1S/C15H23BrN2/c1-3-18(12-6-4-5-7-12)13-8-9-14(11(2)17)15(16)10-13/h8-12H,3-7,17H2,1-2H3/t11-/m1/s1. The molecule has 18 heavy (non-hydrogen) atoms. The zero-order chi connectivity index (χ0) is 13.1. The highest BCUT2D eigenvalue weighted by Crippen LogP contribution is 2.32. The number of hydrogen-bond acceptors (Lipinski definition) is 2.